The molecule has 0 spiro atoms. The van der Waals surface area contributed by atoms with Gasteiger partial charge in [0.2, 0.25) is 5.88 Å². The number of aromatic nitrogens is 2. The predicted octanol–water partition coefficient (Wildman–Crippen LogP) is 2.66. The summed E-state index contributed by atoms with van der Waals surface area (Å²) < 4.78 is 11.9. The number of hydrazone groups is 1. The van der Waals surface area contributed by atoms with E-state index in [2.05, 4.69) is 21.2 Å². The van der Waals surface area contributed by atoms with Gasteiger partial charge in [0.25, 0.3) is 0 Å². The van der Waals surface area contributed by atoms with Crippen LogP contribution in [0.2, 0.25) is 0 Å². The van der Waals surface area contributed by atoms with Gasteiger partial charge in [-0.15, -0.1) is 0 Å². The Morgan fingerprint density at radius 2 is 1.93 bits per heavy atom. The highest BCUT2D eigenvalue weighted by Crippen LogP contribution is 2.36. The number of nitrogens with zero attached hydrogens (tertiary/aromatic N) is 5. The smallest absolute Gasteiger partial charge is 0.225 e. The molecule has 5 rings (SSSR count). The lowest BCUT2D eigenvalue weighted by molar-refractivity contribution is 0.114. The monoisotopic (exact) mass is 411 g/mol. The average molecular weight is 412 g/mol. The normalized spacial score (nSPS) is 27.0. The van der Waals surface area contributed by atoms with E-state index in [0.29, 0.717) is 30.9 Å². The van der Waals surface area contributed by atoms with E-state index in [0.717, 1.165) is 62.0 Å². The first kappa shape index (κ1) is 19.4. The third kappa shape index (κ3) is 4.01. The van der Waals surface area contributed by atoms with Gasteiger partial charge in [0.05, 0.1) is 30.3 Å². The molecule has 2 aliphatic heterocycles. The van der Waals surface area contributed by atoms with Crippen molar-refractivity contribution in [2.75, 3.05) is 44.8 Å². The molecule has 8 nitrogen and oxygen atoms in total. The zero-order valence-corrected chi connectivity index (χ0v) is 17.4. The first-order chi connectivity index (χ1) is 14.7. The topological polar surface area (TPSA) is 83.3 Å². The molecule has 1 saturated carbocycles. The van der Waals surface area contributed by atoms with Crippen molar-refractivity contribution in [3.8, 4) is 11.6 Å². The number of pyridine rings is 2. The first-order valence-electron chi connectivity index (χ1n) is 10.9. The van der Waals surface area contributed by atoms with Gasteiger partial charge in [-0.1, -0.05) is 0 Å². The number of ether oxygens (including phenoxy) is 2. The van der Waals surface area contributed by atoms with Gasteiger partial charge in [-0.2, -0.15) is 10.1 Å². The number of aromatic hydroxyl groups is 1. The number of morpholine rings is 1. The van der Waals surface area contributed by atoms with Gasteiger partial charge in [-0.05, 0) is 37.7 Å². The first-order valence-corrected chi connectivity index (χ1v) is 10.9. The molecule has 160 valence electrons. The fourth-order valence-electron chi connectivity index (χ4n) is 4.78. The SMILES string of the molecule is CN1CC(C2CCC(Oc3nc(N4CCOCC4)cc4ncc(O)cc34)CC2)C=N1. The number of fused-ring (bicyclic) bond motifs is 1. The average Bonchev–Trinajstić information content (AvgIpc) is 3.21. The van der Waals surface area contributed by atoms with Gasteiger partial charge in [0.15, 0.2) is 0 Å². The fourth-order valence-corrected chi connectivity index (χ4v) is 4.78. The number of anilines is 1. The summed E-state index contributed by atoms with van der Waals surface area (Å²) in [6.07, 6.45) is 8.02. The molecule has 1 unspecified atom stereocenters. The van der Waals surface area contributed by atoms with Crippen LogP contribution < -0.4 is 9.64 Å². The molecule has 0 radical (unpaired) electrons. The molecule has 1 atom stereocenters. The van der Waals surface area contributed by atoms with Crippen molar-refractivity contribution in [1.29, 1.82) is 0 Å². The summed E-state index contributed by atoms with van der Waals surface area (Å²) in [5.41, 5.74) is 0.790. The van der Waals surface area contributed by atoms with E-state index in [1.165, 1.54) is 6.20 Å². The quantitative estimate of drug-likeness (QED) is 0.828. The van der Waals surface area contributed by atoms with E-state index in [1.807, 2.05) is 18.1 Å². The summed E-state index contributed by atoms with van der Waals surface area (Å²) in [5, 5.41) is 17.2. The lowest BCUT2D eigenvalue weighted by Crippen LogP contribution is -2.37. The lowest BCUT2D eigenvalue weighted by Gasteiger charge is -2.32. The van der Waals surface area contributed by atoms with Crippen molar-refractivity contribution in [2.45, 2.75) is 31.8 Å². The molecular formula is C22H29N5O3. The minimum absolute atomic E-state index is 0.127. The largest absolute Gasteiger partial charge is 0.506 e. The second kappa shape index (κ2) is 8.26. The van der Waals surface area contributed by atoms with Crippen molar-refractivity contribution in [1.82, 2.24) is 15.0 Å². The number of hydrogen-bond donors (Lipinski definition) is 1. The summed E-state index contributed by atoms with van der Waals surface area (Å²) in [5.74, 6) is 2.79. The van der Waals surface area contributed by atoms with E-state index in [9.17, 15) is 5.11 Å². The molecule has 1 saturated heterocycles. The summed E-state index contributed by atoms with van der Waals surface area (Å²) in [6.45, 7) is 4.02. The second-order valence-corrected chi connectivity index (χ2v) is 8.57. The number of hydrogen-bond acceptors (Lipinski definition) is 8. The van der Waals surface area contributed by atoms with Crippen LogP contribution in [0.3, 0.4) is 0 Å². The molecule has 2 aromatic rings. The van der Waals surface area contributed by atoms with Crippen molar-refractivity contribution in [3.05, 3.63) is 18.3 Å². The molecule has 1 aliphatic carbocycles. The zero-order valence-electron chi connectivity index (χ0n) is 17.4. The predicted molar refractivity (Wildman–Crippen MR) is 115 cm³/mol. The fraction of sp³-hybridized carbons (Fsp3) is 0.591. The van der Waals surface area contributed by atoms with Gasteiger partial charge in [0, 0.05) is 44.9 Å². The summed E-state index contributed by atoms with van der Waals surface area (Å²) in [7, 11) is 2.03. The standard InChI is InChI=1S/C22H29N5O3/c1-26-14-16(12-24-26)15-2-4-18(5-3-15)30-22-19-10-17(28)13-23-20(19)11-21(25-22)27-6-8-29-9-7-27/h10-13,15-16,18,28H,2-9,14H2,1H3. The van der Waals surface area contributed by atoms with E-state index in [1.54, 1.807) is 6.07 Å². The molecule has 8 heteroatoms. The van der Waals surface area contributed by atoms with Crippen LogP contribution in [-0.4, -0.2) is 72.3 Å². The Morgan fingerprint density at radius 3 is 2.67 bits per heavy atom. The van der Waals surface area contributed by atoms with E-state index < -0.39 is 0 Å². The molecule has 0 bridgehead atoms. The highest BCUT2D eigenvalue weighted by molar-refractivity contribution is 5.86. The molecule has 1 N–H and O–H groups in total. The maximum Gasteiger partial charge on any atom is 0.225 e. The van der Waals surface area contributed by atoms with E-state index >= 15 is 0 Å². The summed E-state index contributed by atoms with van der Waals surface area (Å²) in [6, 6.07) is 3.67. The second-order valence-electron chi connectivity index (χ2n) is 8.57. The Hall–Kier alpha value is -2.61. The zero-order chi connectivity index (χ0) is 20.5. The highest BCUT2D eigenvalue weighted by Gasteiger charge is 2.31. The van der Waals surface area contributed by atoms with Crippen LogP contribution in [0.1, 0.15) is 25.7 Å². The Balaban J connectivity index is 1.34. The molecule has 4 heterocycles. The van der Waals surface area contributed by atoms with Crippen molar-refractivity contribution < 1.29 is 14.6 Å². The van der Waals surface area contributed by atoms with Crippen LogP contribution in [-0.2, 0) is 4.74 Å². The van der Waals surface area contributed by atoms with Crippen LogP contribution in [0.15, 0.2) is 23.4 Å². The lowest BCUT2D eigenvalue weighted by atomic mass is 9.79. The van der Waals surface area contributed by atoms with E-state index in [-0.39, 0.29) is 11.9 Å². The third-order valence-electron chi connectivity index (χ3n) is 6.48. The Labute approximate surface area is 176 Å². The molecule has 2 aromatic heterocycles. The summed E-state index contributed by atoms with van der Waals surface area (Å²) in [4.78, 5) is 11.5. The molecule has 0 aromatic carbocycles. The van der Waals surface area contributed by atoms with Crippen LogP contribution in [0, 0.1) is 11.8 Å². The van der Waals surface area contributed by atoms with Gasteiger partial charge < -0.3 is 19.5 Å². The molecule has 3 aliphatic rings. The Morgan fingerprint density at radius 1 is 1.13 bits per heavy atom. The molecular weight excluding hydrogens is 382 g/mol. The highest BCUT2D eigenvalue weighted by atomic mass is 16.5. The minimum Gasteiger partial charge on any atom is -0.506 e. The minimum atomic E-state index is 0.127. The third-order valence-corrected chi connectivity index (χ3v) is 6.48. The maximum absolute atomic E-state index is 9.97. The van der Waals surface area contributed by atoms with Gasteiger partial charge in [-0.25, -0.2) is 0 Å². The maximum atomic E-state index is 9.97. The van der Waals surface area contributed by atoms with Gasteiger partial charge in [0.1, 0.15) is 17.7 Å². The van der Waals surface area contributed by atoms with Crippen LogP contribution in [0.4, 0.5) is 5.82 Å². The molecule has 30 heavy (non-hydrogen) atoms. The molecule has 2 fully saturated rings. The van der Waals surface area contributed by atoms with Crippen molar-refractivity contribution >= 4 is 22.9 Å². The van der Waals surface area contributed by atoms with Gasteiger partial charge >= 0.3 is 0 Å². The van der Waals surface area contributed by atoms with E-state index in [4.69, 9.17) is 14.5 Å². The molecule has 0 amide bonds. The Kier molecular flexibility index (Phi) is 5.33. The summed E-state index contributed by atoms with van der Waals surface area (Å²) >= 11 is 0. The van der Waals surface area contributed by atoms with Gasteiger partial charge in [-0.3, -0.25) is 9.99 Å². The number of rotatable bonds is 4. The Bertz CT molecular complexity index is 922. The van der Waals surface area contributed by atoms with Crippen molar-refractivity contribution in [2.24, 2.45) is 16.9 Å². The van der Waals surface area contributed by atoms with Crippen LogP contribution in [0.25, 0.3) is 10.9 Å². The van der Waals surface area contributed by atoms with Crippen molar-refractivity contribution in [3.63, 3.8) is 0 Å². The van der Waals surface area contributed by atoms with Crippen LogP contribution in [0.5, 0.6) is 11.6 Å². The van der Waals surface area contributed by atoms with Crippen LogP contribution >= 0.6 is 0 Å².